The van der Waals surface area contributed by atoms with Crippen molar-refractivity contribution in [3.05, 3.63) is 60.2 Å². The van der Waals surface area contributed by atoms with Crippen molar-refractivity contribution in [2.75, 3.05) is 16.8 Å². The fourth-order valence-electron chi connectivity index (χ4n) is 2.55. The van der Waals surface area contributed by atoms with Crippen molar-refractivity contribution in [3.63, 3.8) is 0 Å². The summed E-state index contributed by atoms with van der Waals surface area (Å²) in [5.41, 5.74) is 2.34. The van der Waals surface area contributed by atoms with Gasteiger partial charge in [0, 0.05) is 24.3 Å². The Morgan fingerprint density at radius 3 is 2.70 bits per heavy atom. The van der Waals surface area contributed by atoms with Crippen LogP contribution in [0.3, 0.4) is 0 Å². The third-order valence-corrected chi connectivity index (χ3v) is 3.69. The number of nitrogens with zero attached hydrogens (tertiary/aromatic N) is 1. The van der Waals surface area contributed by atoms with Crippen molar-refractivity contribution in [1.29, 1.82) is 0 Å². The lowest BCUT2D eigenvalue weighted by atomic mass is 10.2. The zero-order valence-corrected chi connectivity index (χ0v) is 12.7. The number of rotatable bonds is 4. The van der Waals surface area contributed by atoms with E-state index in [0.29, 0.717) is 12.1 Å². The van der Waals surface area contributed by atoms with Gasteiger partial charge in [0.05, 0.1) is 0 Å². The van der Waals surface area contributed by atoms with Crippen LogP contribution < -0.4 is 10.2 Å². The second-order valence-corrected chi connectivity index (χ2v) is 5.39. The molecule has 0 unspecified atom stereocenters. The smallest absolute Gasteiger partial charge is 0.411 e. The van der Waals surface area contributed by atoms with E-state index in [1.165, 1.54) is 0 Å². The van der Waals surface area contributed by atoms with Gasteiger partial charge in [-0.1, -0.05) is 36.4 Å². The molecular formula is C18H18N2O3. The molecule has 0 saturated carbocycles. The minimum atomic E-state index is -0.515. The standard InChI is InChI=1S/C18H18N2O3/c21-17-10-5-11-20(17)16-9-4-8-15(12-16)19-18(22)23-13-14-6-2-1-3-7-14/h1-4,6-9,12H,5,10-11,13H2,(H,19,22). The SMILES string of the molecule is O=C(Nc1cccc(N2CCCC2=O)c1)OCc1ccccc1. The van der Waals surface area contributed by atoms with Gasteiger partial charge in [-0.25, -0.2) is 4.79 Å². The van der Waals surface area contributed by atoms with Crippen molar-refractivity contribution >= 4 is 23.4 Å². The first-order chi connectivity index (χ1) is 11.2. The molecular weight excluding hydrogens is 292 g/mol. The van der Waals surface area contributed by atoms with Crippen LogP contribution in [0.2, 0.25) is 0 Å². The Hall–Kier alpha value is -2.82. The Bertz CT molecular complexity index is 700. The highest BCUT2D eigenvalue weighted by Crippen LogP contribution is 2.24. The van der Waals surface area contributed by atoms with Crippen molar-refractivity contribution in [2.45, 2.75) is 19.4 Å². The van der Waals surface area contributed by atoms with E-state index in [9.17, 15) is 9.59 Å². The number of amides is 2. The lowest BCUT2D eigenvalue weighted by Gasteiger charge is -2.16. The van der Waals surface area contributed by atoms with Crippen LogP contribution in [-0.4, -0.2) is 18.5 Å². The summed E-state index contributed by atoms with van der Waals surface area (Å²) in [5, 5.41) is 2.69. The quantitative estimate of drug-likeness (QED) is 0.939. The van der Waals surface area contributed by atoms with Gasteiger partial charge < -0.3 is 9.64 Å². The van der Waals surface area contributed by atoms with Crippen molar-refractivity contribution in [1.82, 2.24) is 0 Å². The predicted octanol–water partition coefficient (Wildman–Crippen LogP) is 3.56. The zero-order chi connectivity index (χ0) is 16.1. The molecule has 0 radical (unpaired) electrons. The Morgan fingerprint density at radius 2 is 1.96 bits per heavy atom. The normalized spacial score (nSPS) is 13.9. The number of carbonyl (C=O) groups excluding carboxylic acids is 2. The van der Waals surface area contributed by atoms with Crippen LogP contribution in [0.4, 0.5) is 16.2 Å². The zero-order valence-electron chi connectivity index (χ0n) is 12.7. The van der Waals surface area contributed by atoms with Crippen molar-refractivity contribution < 1.29 is 14.3 Å². The molecule has 1 heterocycles. The van der Waals surface area contributed by atoms with Crippen LogP contribution in [0.5, 0.6) is 0 Å². The fraction of sp³-hybridized carbons (Fsp3) is 0.222. The van der Waals surface area contributed by atoms with Gasteiger partial charge in [-0.05, 0) is 30.2 Å². The van der Waals surface area contributed by atoms with Crippen LogP contribution in [0.25, 0.3) is 0 Å². The molecule has 0 spiro atoms. The first-order valence-corrected chi connectivity index (χ1v) is 7.60. The van der Waals surface area contributed by atoms with Gasteiger partial charge in [0.25, 0.3) is 0 Å². The molecule has 0 aromatic heterocycles. The number of ether oxygens (including phenoxy) is 1. The van der Waals surface area contributed by atoms with Gasteiger partial charge in [0.2, 0.25) is 5.91 Å². The number of anilines is 2. The monoisotopic (exact) mass is 310 g/mol. The van der Waals surface area contributed by atoms with E-state index in [2.05, 4.69) is 5.32 Å². The van der Waals surface area contributed by atoms with Crippen LogP contribution in [0.15, 0.2) is 54.6 Å². The maximum atomic E-state index is 11.9. The Morgan fingerprint density at radius 1 is 1.13 bits per heavy atom. The molecule has 5 heteroatoms. The molecule has 2 amide bonds. The van der Waals surface area contributed by atoms with Crippen LogP contribution in [-0.2, 0) is 16.1 Å². The minimum absolute atomic E-state index is 0.119. The first-order valence-electron chi connectivity index (χ1n) is 7.60. The highest BCUT2D eigenvalue weighted by Gasteiger charge is 2.21. The van der Waals surface area contributed by atoms with E-state index in [1.807, 2.05) is 42.5 Å². The third-order valence-electron chi connectivity index (χ3n) is 3.69. The van der Waals surface area contributed by atoms with Gasteiger partial charge in [0.15, 0.2) is 0 Å². The Kier molecular flexibility index (Phi) is 4.57. The van der Waals surface area contributed by atoms with Gasteiger partial charge in [-0.3, -0.25) is 10.1 Å². The summed E-state index contributed by atoms with van der Waals surface area (Å²) in [6.45, 7) is 0.942. The van der Waals surface area contributed by atoms with Crippen LogP contribution in [0.1, 0.15) is 18.4 Å². The van der Waals surface area contributed by atoms with E-state index < -0.39 is 6.09 Å². The summed E-state index contributed by atoms with van der Waals surface area (Å²) in [6.07, 6.45) is 0.936. The lowest BCUT2D eigenvalue weighted by molar-refractivity contribution is -0.117. The molecule has 1 fully saturated rings. The van der Waals surface area contributed by atoms with Gasteiger partial charge in [0.1, 0.15) is 6.61 Å². The summed E-state index contributed by atoms with van der Waals surface area (Å²) in [7, 11) is 0. The molecule has 1 N–H and O–H groups in total. The topological polar surface area (TPSA) is 58.6 Å². The van der Waals surface area contributed by atoms with Gasteiger partial charge >= 0.3 is 6.09 Å². The Balaban J connectivity index is 1.59. The molecule has 0 aliphatic carbocycles. The first kappa shape index (κ1) is 15.1. The van der Waals surface area contributed by atoms with Gasteiger partial charge in [-0.15, -0.1) is 0 Å². The van der Waals surface area contributed by atoms with Crippen LogP contribution >= 0.6 is 0 Å². The molecule has 5 nitrogen and oxygen atoms in total. The second kappa shape index (κ2) is 6.96. The summed E-state index contributed by atoms with van der Waals surface area (Å²) in [4.78, 5) is 25.4. The molecule has 1 saturated heterocycles. The largest absolute Gasteiger partial charge is 0.444 e. The molecule has 2 aromatic rings. The van der Waals surface area contributed by atoms with E-state index >= 15 is 0 Å². The van der Waals surface area contributed by atoms with Crippen LogP contribution in [0, 0.1) is 0 Å². The summed E-state index contributed by atoms with van der Waals surface area (Å²) >= 11 is 0. The van der Waals surface area contributed by atoms with E-state index in [1.54, 1.807) is 17.0 Å². The second-order valence-electron chi connectivity index (χ2n) is 5.39. The highest BCUT2D eigenvalue weighted by atomic mass is 16.5. The molecule has 118 valence electrons. The minimum Gasteiger partial charge on any atom is -0.444 e. The molecule has 1 aliphatic rings. The predicted molar refractivity (Wildman–Crippen MR) is 88.3 cm³/mol. The van der Waals surface area contributed by atoms with Crippen molar-refractivity contribution in [3.8, 4) is 0 Å². The Labute approximate surface area is 134 Å². The van der Waals surface area contributed by atoms with E-state index in [0.717, 1.165) is 24.2 Å². The van der Waals surface area contributed by atoms with Gasteiger partial charge in [-0.2, -0.15) is 0 Å². The third kappa shape index (κ3) is 3.88. The maximum absolute atomic E-state index is 11.9. The molecule has 0 atom stereocenters. The molecule has 2 aromatic carbocycles. The molecule has 23 heavy (non-hydrogen) atoms. The number of carbonyl (C=O) groups is 2. The number of nitrogens with one attached hydrogen (secondary N) is 1. The van der Waals surface area contributed by atoms with Crippen molar-refractivity contribution in [2.24, 2.45) is 0 Å². The summed E-state index contributed by atoms with van der Waals surface area (Å²) < 4.78 is 5.19. The molecule has 1 aliphatic heterocycles. The highest BCUT2D eigenvalue weighted by molar-refractivity contribution is 5.96. The fourth-order valence-corrected chi connectivity index (χ4v) is 2.55. The number of hydrogen-bond acceptors (Lipinski definition) is 3. The molecule has 3 rings (SSSR count). The molecule has 0 bridgehead atoms. The number of hydrogen-bond donors (Lipinski definition) is 1. The summed E-state index contributed by atoms with van der Waals surface area (Å²) in [5.74, 6) is 0.119. The summed E-state index contributed by atoms with van der Waals surface area (Å²) in [6, 6.07) is 16.7. The van der Waals surface area contributed by atoms with E-state index in [-0.39, 0.29) is 12.5 Å². The average Bonchev–Trinajstić information content (AvgIpc) is 3.00. The maximum Gasteiger partial charge on any atom is 0.411 e. The average molecular weight is 310 g/mol. The lowest BCUT2D eigenvalue weighted by Crippen LogP contribution is -2.23. The van der Waals surface area contributed by atoms with E-state index in [4.69, 9.17) is 4.74 Å². The number of benzene rings is 2.